The van der Waals surface area contributed by atoms with Gasteiger partial charge in [0, 0.05) is 28.4 Å². The van der Waals surface area contributed by atoms with Gasteiger partial charge in [-0.3, -0.25) is 9.69 Å². The molecule has 0 N–H and O–H groups in total. The zero-order valence-electron chi connectivity index (χ0n) is 18.9. The lowest BCUT2D eigenvalue weighted by Crippen LogP contribution is -2.34. The molecule has 9 heteroatoms. The summed E-state index contributed by atoms with van der Waals surface area (Å²) in [6.07, 6.45) is -1.69. The number of aromatic nitrogens is 1. The second-order valence-corrected chi connectivity index (χ2v) is 8.25. The van der Waals surface area contributed by atoms with Crippen molar-refractivity contribution in [2.75, 3.05) is 26.7 Å². The second-order valence-electron chi connectivity index (χ2n) is 8.25. The Morgan fingerprint density at radius 2 is 1.76 bits per heavy atom. The number of methoxy groups -OCH3 is 1. The fourth-order valence-electron chi connectivity index (χ4n) is 4.55. The van der Waals surface area contributed by atoms with Crippen molar-refractivity contribution in [1.82, 2.24) is 9.47 Å². The standard InChI is InChI=1S/C25H24F3N3O3/c1-16-24(21(32)15-30-11-5-4-6-12-30)19-13-22(33-3)23(34-25(26,27)28)14-20(19)31(16)18-9-7-17(29-2)8-10-18/h7-10,13-14H,4-6,11-12,15H2,1,3H3. The van der Waals surface area contributed by atoms with Crippen molar-refractivity contribution >= 4 is 22.4 Å². The van der Waals surface area contributed by atoms with Crippen molar-refractivity contribution in [3.63, 3.8) is 0 Å². The number of nitrogens with zero attached hydrogens (tertiary/aromatic N) is 3. The number of halogens is 3. The zero-order chi connectivity index (χ0) is 24.5. The number of rotatable bonds is 6. The lowest BCUT2D eigenvalue weighted by Gasteiger charge is -2.25. The van der Waals surface area contributed by atoms with Gasteiger partial charge in [0.1, 0.15) is 0 Å². The number of Topliss-reactive ketones (excluding diaryl/α,β-unsaturated/α-hetero) is 1. The smallest absolute Gasteiger partial charge is 0.493 e. The molecule has 34 heavy (non-hydrogen) atoms. The van der Waals surface area contributed by atoms with Crippen LogP contribution in [-0.2, 0) is 0 Å². The van der Waals surface area contributed by atoms with E-state index < -0.39 is 12.1 Å². The summed E-state index contributed by atoms with van der Waals surface area (Å²) in [6, 6.07) is 9.32. The Bertz CT molecular complexity index is 1250. The monoisotopic (exact) mass is 471 g/mol. The van der Waals surface area contributed by atoms with E-state index in [1.807, 2.05) is 0 Å². The zero-order valence-corrected chi connectivity index (χ0v) is 18.9. The van der Waals surface area contributed by atoms with Crippen LogP contribution in [0.2, 0.25) is 0 Å². The maximum absolute atomic E-state index is 13.5. The normalized spacial score (nSPS) is 14.7. The van der Waals surface area contributed by atoms with E-state index in [4.69, 9.17) is 11.3 Å². The van der Waals surface area contributed by atoms with Gasteiger partial charge in [0.05, 0.1) is 25.7 Å². The Balaban J connectivity index is 1.90. The van der Waals surface area contributed by atoms with Crippen LogP contribution in [0.15, 0.2) is 36.4 Å². The summed E-state index contributed by atoms with van der Waals surface area (Å²) >= 11 is 0. The molecule has 2 heterocycles. The summed E-state index contributed by atoms with van der Waals surface area (Å²) < 4.78 is 50.3. The fraction of sp³-hybridized carbons (Fsp3) is 0.360. The molecule has 1 saturated heterocycles. The maximum Gasteiger partial charge on any atom is 0.573 e. The van der Waals surface area contributed by atoms with E-state index in [-0.39, 0.29) is 18.1 Å². The number of piperidine rings is 1. The van der Waals surface area contributed by atoms with Gasteiger partial charge < -0.3 is 14.0 Å². The highest BCUT2D eigenvalue weighted by Gasteiger charge is 2.34. The number of carbonyl (C=O) groups is 1. The lowest BCUT2D eigenvalue weighted by atomic mass is 10.0. The molecule has 178 valence electrons. The molecular weight excluding hydrogens is 447 g/mol. The highest BCUT2D eigenvalue weighted by Crippen LogP contribution is 2.40. The molecule has 0 saturated carbocycles. The summed E-state index contributed by atoms with van der Waals surface area (Å²) in [7, 11) is 1.26. The van der Waals surface area contributed by atoms with Gasteiger partial charge in [0.15, 0.2) is 23.0 Å². The van der Waals surface area contributed by atoms with Gasteiger partial charge in [-0.05, 0) is 51.1 Å². The molecule has 1 aromatic heterocycles. The highest BCUT2D eigenvalue weighted by atomic mass is 19.4. The molecule has 6 nitrogen and oxygen atoms in total. The van der Waals surface area contributed by atoms with E-state index >= 15 is 0 Å². The Hall–Kier alpha value is -3.51. The predicted molar refractivity (Wildman–Crippen MR) is 122 cm³/mol. The van der Waals surface area contributed by atoms with Crippen LogP contribution in [0.3, 0.4) is 0 Å². The molecule has 0 aliphatic carbocycles. The number of fused-ring (bicyclic) bond motifs is 1. The van der Waals surface area contributed by atoms with Crippen molar-refractivity contribution in [3.05, 3.63) is 59.1 Å². The Morgan fingerprint density at radius 1 is 1.09 bits per heavy atom. The number of likely N-dealkylation sites (tertiary alicyclic amines) is 1. The minimum Gasteiger partial charge on any atom is -0.493 e. The third-order valence-corrected chi connectivity index (χ3v) is 6.05. The molecule has 0 radical (unpaired) electrons. The van der Waals surface area contributed by atoms with E-state index in [2.05, 4.69) is 14.5 Å². The van der Waals surface area contributed by atoms with Crippen LogP contribution >= 0.6 is 0 Å². The van der Waals surface area contributed by atoms with Crippen LogP contribution in [-0.4, -0.2) is 48.4 Å². The predicted octanol–water partition coefficient (Wildman–Crippen LogP) is 6.07. The first-order valence-corrected chi connectivity index (χ1v) is 10.9. The van der Waals surface area contributed by atoms with Crippen molar-refractivity contribution in [1.29, 1.82) is 0 Å². The Kier molecular flexibility index (Phi) is 6.53. The van der Waals surface area contributed by atoms with E-state index in [0.29, 0.717) is 33.5 Å². The van der Waals surface area contributed by atoms with Crippen LogP contribution in [0.5, 0.6) is 11.5 Å². The number of hydrogen-bond donors (Lipinski definition) is 0. The molecule has 3 aromatic rings. The number of ether oxygens (including phenoxy) is 2. The number of ketones is 1. The van der Waals surface area contributed by atoms with Crippen molar-refractivity contribution in [2.24, 2.45) is 0 Å². The van der Waals surface area contributed by atoms with Crippen LogP contribution in [0.1, 0.15) is 35.3 Å². The van der Waals surface area contributed by atoms with Crippen molar-refractivity contribution in [3.8, 4) is 17.2 Å². The molecule has 4 rings (SSSR count). The number of carbonyl (C=O) groups excluding carboxylic acids is 1. The van der Waals surface area contributed by atoms with Gasteiger partial charge in [0.25, 0.3) is 0 Å². The molecule has 1 aliphatic rings. The first-order chi connectivity index (χ1) is 16.2. The summed E-state index contributed by atoms with van der Waals surface area (Å²) in [6.45, 7) is 10.8. The third-order valence-electron chi connectivity index (χ3n) is 6.05. The summed E-state index contributed by atoms with van der Waals surface area (Å²) in [5.41, 5.74) is 2.47. The largest absolute Gasteiger partial charge is 0.573 e. The van der Waals surface area contributed by atoms with E-state index in [1.54, 1.807) is 35.8 Å². The molecule has 1 aliphatic heterocycles. The molecule has 0 bridgehead atoms. The summed E-state index contributed by atoms with van der Waals surface area (Å²) in [5, 5.41) is 0.486. The summed E-state index contributed by atoms with van der Waals surface area (Å²) in [4.78, 5) is 19.0. The van der Waals surface area contributed by atoms with Gasteiger partial charge in [0.2, 0.25) is 0 Å². The molecule has 0 spiro atoms. The average Bonchev–Trinajstić information content (AvgIpc) is 3.08. The SMILES string of the molecule is [C-]#[N+]c1ccc(-n2c(C)c(C(=O)CN3CCCCC3)c3cc(OC)c(OC(F)(F)F)cc32)cc1. The molecule has 0 unspecified atom stereocenters. The number of alkyl halides is 3. The van der Waals surface area contributed by atoms with Gasteiger partial charge in [-0.1, -0.05) is 18.6 Å². The first kappa shape index (κ1) is 23.6. The lowest BCUT2D eigenvalue weighted by molar-refractivity contribution is -0.275. The Morgan fingerprint density at radius 3 is 2.35 bits per heavy atom. The van der Waals surface area contributed by atoms with Crippen LogP contribution in [0.25, 0.3) is 21.4 Å². The average molecular weight is 471 g/mol. The van der Waals surface area contributed by atoms with E-state index in [1.165, 1.54) is 19.2 Å². The number of benzene rings is 2. The molecule has 2 aromatic carbocycles. The minimum absolute atomic E-state index is 0.104. The number of hydrogen-bond acceptors (Lipinski definition) is 4. The highest BCUT2D eigenvalue weighted by molar-refractivity contribution is 6.11. The van der Waals surface area contributed by atoms with Crippen LogP contribution < -0.4 is 9.47 Å². The van der Waals surface area contributed by atoms with E-state index in [0.717, 1.165) is 32.4 Å². The summed E-state index contributed by atoms with van der Waals surface area (Å²) in [5.74, 6) is -0.709. The molecule has 0 atom stereocenters. The maximum atomic E-state index is 13.5. The van der Waals surface area contributed by atoms with Gasteiger partial charge in [-0.15, -0.1) is 13.2 Å². The van der Waals surface area contributed by atoms with Crippen LogP contribution in [0, 0.1) is 13.5 Å². The minimum atomic E-state index is -4.91. The van der Waals surface area contributed by atoms with Gasteiger partial charge in [-0.25, -0.2) is 4.85 Å². The van der Waals surface area contributed by atoms with Gasteiger partial charge in [-0.2, -0.15) is 0 Å². The molecule has 1 fully saturated rings. The molecule has 0 amide bonds. The molecular formula is C25H24F3N3O3. The van der Waals surface area contributed by atoms with Crippen molar-refractivity contribution < 1.29 is 27.4 Å². The first-order valence-electron chi connectivity index (χ1n) is 10.9. The second kappa shape index (κ2) is 9.39. The van der Waals surface area contributed by atoms with Gasteiger partial charge >= 0.3 is 6.36 Å². The fourth-order valence-corrected chi connectivity index (χ4v) is 4.55. The Labute approximate surface area is 195 Å². The van der Waals surface area contributed by atoms with Crippen molar-refractivity contribution in [2.45, 2.75) is 32.5 Å². The topological polar surface area (TPSA) is 48.1 Å². The van der Waals surface area contributed by atoms with Crippen LogP contribution in [0.4, 0.5) is 18.9 Å². The van der Waals surface area contributed by atoms with E-state index in [9.17, 15) is 18.0 Å². The third kappa shape index (κ3) is 4.73. The quantitative estimate of drug-likeness (QED) is 0.324.